The smallest absolute Gasteiger partial charge is 0.337 e. The maximum atomic E-state index is 10.7. The quantitative estimate of drug-likeness (QED) is 0.924. The lowest BCUT2D eigenvalue weighted by Crippen LogP contribution is -1.97. The van der Waals surface area contributed by atoms with E-state index >= 15 is 0 Å². The van der Waals surface area contributed by atoms with Crippen LogP contribution in [0.1, 0.15) is 10.4 Å². The summed E-state index contributed by atoms with van der Waals surface area (Å²) in [4.78, 5) is 14.8. The first-order valence-electron chi connectivity index (χ1n) is 5.15. The van der Waals surface area contributed by atoms with Crippen LogP contribution in [0.2, 0.25) is 5.02 Å². The van der Waals surface area contributed by atoms with Gasteiger partial charge in [-0.1, -0.05) is 11.6 Å². The van der Waals surface area contributed by atoms with Gasteiger partial charge in [0.05, 0.1) is 18.4 Å². The van der Waals surface area contributed by atoms with Crippen molar-refractivity contribution < 1.29 is 14.6 Å². The lowest BCUT2D eigenvalue weighted by molar-refractivity contribution is 0.0696. The topological polar surface area (TPSA) is 59.4 Å². The van der Waals surface area contributed by atoms with Crippen molar-refractivity contribution >= 4 is 17.6 Å². The summed E-state index contributed by atoms with van der Waals surface area (Å²) in [6.45, 7) is 0. The van der Waals surface area contributed by atoms with E-state index in [1.165, 1.54) is 12.3 Å². The van der Waals surface area contributed by atoms with Crippen LogP contribution < -0.4 is 4.74 Å². The Morgan fingerprint density at radius 3 is 2.67 bits per heavy atom. The molecule has 0 fully saturated rings. The Labute approximate surface area is 109 Å². The van der Waals surface area contributed by atoms with Gasteiger partial charge in [-0.3, -0.25) is 4.98 Å². The monoisotopic (exact) mass is 263 g/mol. The molecule has 92 valence electrons. The summed E-state index contributed by atoms with van der Waals surface area (Å²) in [6.07, 6.45) is 1.31. The van der Waals surface area contributed by atoms with Crippen LogP contribution in [-0.4, -0.2) is 23.2 Å². The lowest BCUT2D eigenvalue weighted by atomic mass is 10.1. The lowest BCUT2D eigenvalue weighted by Gasteiger charge is -2.08. The van der Waals surface area contributed by atoms with Crippen LogP contribution in [0, 0.1) is 0 Å². The van der Waals surface area contributed by atoms with Crippen molar-refractivity contribution in [3.8, 4) is 17.0 Å². The van der Waals surface area contributed by atoms with Crippen molar-refractivity contribution in [3.05, 3.63) is 47.1 Å². The van der Waals surface area contributed by atoms with Gasteiger partial charge < -0.3 is 9.84 Å². The van der Waals surface area contributed by atoms with Gasteiger partial charge in [-0.05, 0) is 30.3 Å². The summed E-state index contributed by atoms with van der Waals surface area (Å²) in [7, 11) is 1.54. The van der Waals surface area contributed by atoms with Crippen molar-refractivity contribution in [3.63, 3.8) is 0 Å². The van der Waals surface area contributed by atoms with Crippen molar-refractivity contribution in [2.24, 2.45) is 0 Å². The number of methoxy groups -OCH3 is 1. The molecule has 2 rings (SSSR count). The molecular weight excluding hydrogens is 254 g/mol. The molecule has 1 N–H and O–H groups in total. The van der Waals surface area contributed by atoms with E-state index in [1.807, 2.05) is 0 Å². The van der Waals surface area contributed by atoms with E-state index in [4.69, 9.17) is 21.4 Å². The first-order chi connectivity index (χ1) is 8.61. The Balaban J connectivity index is 2.45. The third-order valence-electron chi connectivity index (χ3n) is 2.45. The van der Waals surface area contributed by atoms with E-state index in [1.54, 1.807) is 31.4 Å². The van der Waals surface area contributed by atoms with Gasteiger partial charge >= 0.3 is 5.97 Å². The fourth-order valence-electron chi connectivity index (χ4n) is 1.56. The number of aromatic nitrogens is 1. The number of ether oxygens (including phenoxy) is 1. The van der Waals surface area contributed by atoms with E-state index in [0.29, 0.717) is 16.5 Å². The number of hydrogen-bond acceptors (Lipinski definition) is 3. The van der Waals surface area contributed by atoms with E-state index in [-0.39, 0.29) is 5.56 Å². The first-order valence-corrected chi connectivity index (χ1v) is 5.53. The first kappa shape index (κ1) is 12.4. The fraction of sp³-hybridized carbons (Fsp3) is 0.0769. The minimum Gasteiger partial charge on any atom is -0.496 e. The maximum Gasteiger partial charge on any atom is 0.337 e. The highest BCUT2D eigenvalue weighted by molar-refractivity contribution is 6.30. The second kappa shape index (κ2) is 5.06. The normalized spacial score (nSPS) is 10.1. The molecule has 0 spiro atoms. The van der Waals surface area contributed by atoms with E-state index in [2.05, 4.69) is 4.98 Å². The van der Waals surface area contributed by atoms with E-state index in [9.17, 15) is 4.79 Å². The Bertz CT molecular complexity index is 581. The Morgan fingerprint density at radius 2 is 2.11 bits per heavy atom. The van der Waals surface area contributed by atoms with Crippen molar-refractivity contribution in [1.29, 1.82) is 0 Å². The number of benzene rings is 1. The molecule has 0 aliphatic rings. The van der Waals surface area contributed by atoms with Gasteiger partial charge in [0.2, 0.25) is 0 Å². The predicted octanol–water partition coefficient (Wildman–Crippen LogP) is 3.11. The molecule has 0 aliphatic carbocycles. The van der Waals surface area contributed by atoms with E-state index < -0.39 is 5.97 Å². The zero-order valence-corrected chi connectivity index (χ0v) is 10.3. The molecule has 0 aliphatic heterocycles. The van der Waals surface area contributed by atoms with Crippen LogP contribution >= 0.6 is 11.6 Å². The fourth-order valence-corrected chi connectivity index (χ4v) is 1.72. The van der Waals surface area contributed by atoms with Gasteiger partial charge in [0.15, 0.2) is 0 Å². The molecule has 1 aromatic carbocycles. The van der Waals surface area contributed by atoms with E-state index in [0.717, 1.165) is 5.56 Å². The Kier molecular flexibility index (Phi) is 3.48. The van der Waals surface area contributed by atoms with Crippen molar-refractivity contribution in [2.75, 3.05) is 7.11 Å². The standard InChI is InChI=1S/C13H10ClNO3/c1-18-12-6-9(14)3-4-10(12)11-5-2-8(7-15-11)13(16)17/h2-7H,1H3,(H,16,17). The summed E-state index contributed by atoms with van der Waals surface area (Å²) in [5.74, 6) is -0.407. The summed E-state index contributed by atoms with van der Waals surface area (Å²) in [5, 5.41) is 9.37. The highest BCUT2D eigenvalue weighted by Crippen LogP contribution is 2.31. The average Bonchev–Trinajstić information content (AvgIpc) is 2.38. The number of aromatic carboxylic acids is 1. The molecule has 0 saturated heterocycles. The van der Waals surface area contributed by atoms with Crippen LogP contribution in [0.3, 0.4) is 0 Å². The molecule has 0 saturated carbocycles. The molecule has 1 heterocycles. The number of rotatable bonds is 3. The number of carbonyl (C=O) groups is 1. The van der Waals surface area contributed by atoms with Crippen LogP contribution in [0.4, 0.5) is 0 Å². The molecule has 18 heavy (non-hydrogen) atoms. The highest BCUT2D eigenvalue weighted by Gasteiger charge is 2.09. The van der Waals surface area contributed by atoms with Gasteiger partial charge in [-0.2, -0.15) is 0 Å². The molecule has 0 atom stereocenters. The molecule has 4 nitrogen and oxygen atoms in total. The molecular formula is C13H10ClNO3. The second-order valence-corrected chi connectivity index (χ2v) is 4.02. The number of pyridine rings is 1. The summed E-state index contributed by atoms with van der Waals surface area (Å²) in [5.41, 5.74) is 1.54. The summed E-state index contributed by atoms with van der Waals surface area (Å²) in [6, 6.07) is 8.33. The average molecular weight is 264 g/mol. The van der Waals surface area contributed by atoms with Crippen molar-refractivity contribution in [1.82, 2.24) is 4.98 Å². The van der Waals surface area contributed by atoms with Gasteiger partial charge in [-0.25, -0.2) is 4.79 Å². The molecule has 0 radical (unpaired) electrons. The molecule has 0 unspecified atom stereocenters. The largest absolute Gasteiger partial charge is 0.496 e. The van der Waals surface area contributed by atoms with Crippen molar-refractivity contribution in [2.45, 2.75) is 0 Å². The third kappa shape index (κ3) is 2.43. The molecule has 0 amide bonds. The minimum atomic E-state index is -1.00. The zero-order valence-electron chi connectivity index (χ0n) is 9.55. The zero-order chi connectivity index (χ0) is 13.1. The number of carboxylic acid groups (broad SMARTS) is 1. The molecule has 2 aromatic rings. The molecule has 0 bridgehead atoms. The number of halogens is 1. The van der Waals surface area contributed by atoms with Crippen LogP contribution in [0.25, 0.3) is 11.3 Å². The minimum absolute atomic E-state index is 0.145. The van der Waals surface area contributed by atoms with Crippen LogP contribution in [-0.2, 0) is 0 Å². The second-order valence-electron chi connectivity index (χ2n) is 3.58. The number of hydrogen-bond donors (Lipinski definition) is 1. The summed E-state index contributed by atoms with van der Waals surface area (Å²) < 4.78 is 5.22. The Hall–Kier alpha value is -2.07. The molecule has 5 heteroatoms. The predicted molar refractivity (Wildman–Crippen MR) is 68.2 cm³/mol. The van der Waals surface area contributed by atoms with Crippen LogP contribution in [0.5, 0.6) is 5.75 Å². The highest BCUT2D eigenvalue weighted by atomic mass is 35.5. The Morgan fingerprint density at radius 1 is 1.33 bits per heavy atom. The summed E-state index contributed by atoms with van der Waals surface area (Å²) >= 11 is 5.87. The SMILES string of the molecule is COc1cc(Cl)ccc1-c1ccc(C(=O)O)cn1. The van der Waals surface area contributed by atoms with Gasteiger partial charge in [0.1, 0.15) is 5.75 Å². The van der Waals surface area contributed by atoms with Crippen LogP contribution in [0.15, 0.2) is 36.5 Å². The molecule has 1 aromatic heterocycles. The van der Waals surface area contributed by atoms with Gasteiger partial charge in [-0.15, -0.1) is 0 Å². The maximum absolute atomic E-state index is 10.7. The number of carboxylic acids is 1. The van der Waals surface area contributed by atoms with Gasteiger partial charge in [0, 0.05) is 16.8 Å². The third-order valence-corrected chi connectivity index (χ3v) is 2.69. The van der Waals surface area contributed by atoms with Gasteiger partial charge in [0.25, 0.3) is 0 Å². The number of nitrogens with zero attached hydrogens (tertiary/aromatic N) is 1.